The molecule has 0 aliphatic rings. The Hall–Kier alpha value is -1.01. The van der Waals surface area contributed by atoms with Crippen LogP contribution in [0.15, 0.2) is 34.0 Å². The lowest BCUT2D eigenvalue weighted by atomic mass is 10.2. The van der Waals surface area contributed by atoms with Gasteiger partial charge in [0, 0.05) is 22.3 Å². The van der Waals surface area contributed by atoms with Gasteiger partial charge in [0.05, 0.1) is 5.52 Å². The Morgan fingerprint density at radius 2 is 2.07 bits per heavy atom. The SMILES string of the molecule is CS(=O)(=O)c1ncc2cccc(Br)c2n1. The summed E-state index contributed by atoms with van der Waals surface area (Å²) < 4.78 is 23.3. The second-order valence-corrected chi connectivity index (χ2v) is 5.87. The molecular weight excluding hydrogens is 280 g/mol. The Kier molecular flexibility index (Phi) is 2.47. The van der Waals surface area contributed by atoms with E-state index in [1.807, 2.05) is 12.1 Å². The average molecular weight is 287 g/mol. The molecule has 78 valence electrons. The fourth-order valence-corrected chi connectivity index (χ4v) is 2.15. The molecule has 1 aromatic heterocycles. The van der Waals surface area contributed by atoms with Crippen LogP contribution in [0.4, 0.5) is 0 Å². The normalized spacial score (nSPS) is 11.9. The first-order valence-corrected chi connectivity index (χ1v) is 6.78. The first kappa shape index (κ1) is 10.5. The van der Waals surface area contributed by atoms with Crippen molar-refractivity contribution >= 4 is 36.7 Å². The molecule has 2 rings (SSSR count). The molecule has 0 unspecified atom stereocenters. The predicted octanol–water partition coefficient (Wildman–Crippen LogP) is 1.80. The summed E-state index contributed by atoms with van der Waals surface area (Å²) in [7, 11) is -3.35. The maximum atomic E-state index is 11.2. The van der Waals surface area contributed by atoms with E-state index in [2.05, 4.69) is 25.9 Å². The summed E-state index contributed by atoms with van der Waals surface area (Å²) in [5.74, 6) is 0. The molecule has 0 saturated heterocycles. The first-order chi connectivity index (χ1) is 6.98. The standard InChI is InChI=1S/C9H7BrN2O2S/c1-15(13,14)9-11-5-6-3-2-4-7(10)8(6)12-9/h2-5H,1H3. The highest BCUT2D eigenvalue weighted by molar-refractivity contribution is 9.10. The van der Waals surface area contributed by atoms with Gasteiger partial charge < -0.3 is 0 Å². The molecule has 6 heteroatoms. The van der Waals surface area contributed by atoms with E-state index in [1.165, 1.54) is 6.20 Å². The second kappa shape index (κ2) is 3.53. The molecule has 0 bridgehead atoms. The van der Waals surface area contributed by atoms with Crippen LogP contribution in [0.1, 0.15) is 0 Å². The molecule has 0 saturated carbocycles. The Balaban J connectivity index is 2.81. The molecule has 0 fully saturated rings. The number of hydrogen-bond acceptors (Lipinski definition) is 4. The molecule has 0 spiro atoms. The van der Waals surface area contributed by atoms with Crippen LogP contribution in [0.3, 0.4) is 0 Å². The molecule has 4 nitrogen and oxygen atoms in total. The third-order valence-electron chi connectivity index (χ3n) is 1.87. The highest BCUT2D eigenvalue weighted by Gasteiger charge is 2.12. The summed E-state index contributed by atoms with van der Waals surface area (Å²) in [5, 5.41) is 0.652. The zero-order chi connectivity index (χ0) is 11.1. The molecule has 0 N–H and O–H groups in total. The van der Waals surface area contributed by atoms with Crippen molar-refractivity contribution in [3.63, 3.8) is 0 Å². The minimum absolute atomic E-state index is 0.151. The van der Waals surface area contributed by atoms with Gasteiger partial charge in [-0.3, -0.25) is 0 Å². The monoisotopic (exact) mass is 286 g/mol. The van der Waals surface area contributed by atoms with Crippen molar-refractivity contribution in [1.82, 2.24) is 9.97 Å². The maximum Gasteiger partial charge on any atom is 0.247 e. The summed E-state index contributed by atoms with van der Waals surface area (Å²) in [6, 6.07) is 5.48. The predicted molar refractivity (Wildman–Crippen MR) is 60.3 cm³/mol. The van der Waals surface area contributed by atoms with Gasteiger partial charge >= 0.3 is 0 Å². The van der Waals surface area contributed by atoms with Gasteiger partial charge in [0.2, 0.25) is 15.0 Å². The summed E-state index contributed by atoms with van der Waals surface area (Å²) in [5.41, 5.74) is 0.605. The zero-order valence-electron chi connectivity index (χ0n) is 7.81. The van der Waals surface area contributed by atoms with E-state index in [-0.39, 0.29) is 5.16 Å². The van der Waals surface area contributed by atoms with E-state index in [0.29, 0.717) is 5.52 Å². The molecule has 0 aliphatic heterocycles. The third-order valence-corrected chi connectivity index (χ3v) is 3.37. The summed E-state index contributed by atoms with van der Waals surface area (Å²) in [6.07, 6.45) is 2.59. The summed E-state index contributed by atoms with van der Waals surface area (Å²) in [6.45, 7) is 0. The van der Waals surface area contributed by atoms with Crippen molar-refractivity contribution in [2.24, 2.45) is 0 Å². The number of hydrogen-bond donors (Lipinski definition) is 0. The lowest BCUT2D eigenvalue weighted by Gasteiger charge is -2.01. The number of benzene rings is 1. The van der Waals surface area contributed by atoms with Gasteiger partial charge in [-0.15, -0.1) is 0 Å². The van der Waals surface area contributed by atoms with E-state index >= 15 is 0 Å². The van der Waals surface area contributed by atoms with Crippen LogP contribution in [-0.2, 0) is 9.84 Å². The van der Waals surface area contributed by atoms with Gasteiger partial charge in [0.15, 0.2) is 0 Å². The smallest absolute Gasteiger partial charge is 0.226 e. The van der Waals surface area contributed by atoms with Crippen LogP contribution in [0.25, 0.3) is 10.9 Å². The third kappa shape index (κ3) is 2.00. The second-order valence-electron chi connectivity index (χ2n) is 3.10. The minimum Gasteiger partial charge on any atom is -0.226 e. The van der Waals surface area contributed by atoms with Gasteiger partial charge in [0.25, 0.3) is 0 Å². The quantitative estimate of drug-likeness (QED) is 0.750. The molecule has 15 heavy (non-hydrogen) atoms. The van der Waals surface area contributed by atoms with Gasteiger partial charge in [-0.2, -0.15) is 0 Å². The molecule has 1 heterocycles. The molecule has 0 radical (unpaired) electrons. The minimum atomic E-state index is -3.35. The van der Waals surface area contributed by atoms with Crippen LogP contribution >= 0.6 is 15.9 Å². The number of sulfone groups is 1. The maximum absolute atomic E-state index is 11.2. The number of aromatic nitrogens is 2. The van der Waals surface area contributed by atoms with Crippen LogP contribution in [0.2, 0.25) is 0 Å². The molecule has 2 aromatic rings. The van der Waals surface area contributed by atoms with Crippen LogP contribution < -0.4 is 0 Å². The zero-order valence-corrected chi connectivity index (χ0v) is 10.2. The number of rotatable bonds is 1. The van der Waals surface area contributed by atoms with Crippen LogP contribution in [0.5, 0.6) is 0 Å². The lowest BCUT2D eigenvalue weighted by Crippen LogP contribution is -2.03. The Morgan fingerprint density at radius 3 is 2.73 bits per heavy atom. The van der Waals surface area contributed by atoms with Crippen molar-refractivity contribution in [3.05, 3.63) is 28.9 Å². The summed E-state index contributed by atoms with van der Waals surface area (Å²) in [4.78, 5) is 7.80. The molecule has 0 aliphatic carbocycles. The Labute approximate surface area is 95.4 Å². The average Bonchev–Trinajstić information content (AvgIpc) is 2.16. The van der Waals surface area contributed by atoms with Crippen molar-refractivity contribution < 1.29 is 8.42 Å². The topological polar surface area (TPSA) is 59.9 Å². The van der Waals surface area contributed by atoms with E-state index < -0.39 is 9.84 Å². The summed E-state index contributed by atoms with van der Waals surface area (Å²) >= 11 is 3.31. The van der Waals surface area contributed by atoms with Crippen LogP contribution in [0, 0.1) is 0 Å². The molecular formula is C9H7BrN2O2S. The van der Waals surface area contributed by atoms with E-state index in [9.17, 15) is 8.42 Å². The van der Waals surface area contributed by atoms with E-state index in [0.717, 1.165) is 16.1 Å². The van der Waals surface area contributed by atoms with E-state index in [4.69, 9.17) is 0 Å². The lowest BCUT2D eigenvalue weighted by molar-refractivity contribution is 0.594. The number of para-hydroxylation sites is 1. The van der Waals surface area contributed by atoms with Crippen molar-refractivity contribution in [2.45, 2.75) is 5.16 Å². The first-order valence-electron chi connectivity index (χ1n) is 4.10. The van der Waals surface area contributed by atoms with Crippen LogP contribution in [-0.4, -0.2) is 24.6 Å². The number of fused-ring (bicyclic) bond motifs is 1. The highest BCUT2D eigenvalue weighted by atomic mass is 79.9. The fourth-order valence-electron chi connectivity index (χ4n) is 1.18. The van der Waals surface area contributed by atoms with Gasteiger partial charge in [-0.05, 0) is 22.0 Å². The van der Waals surface area contributed by atoms with E-state index in [1.54, 1.807) is 6.07 Å². The van der Waals surface area contributed by atoms with Gasteiger partial charge in [-0.25, -0.2) is 18.4 Å². The fraction of sp³-hybridized carbons (Fsp3) is 0.111. The largest absolute Gasteiger partial charge is 0.247 e. The van der Waals surface area contributed by atoms with Gasteiger partial charge in [-0.1, -0.05) is 12.1 Å². The van der Waals surface area contributed by atoms with Gasteiger partial charge in [0.1, 0.15) is 0 Å². The van der Waals surface area contributed by atoms with Crippen molar-refractivity contribution in [1.29, 1.82) is 0 Å². The Bertz CT molecular complexity index is 625. The Morgan fingerprint density at radius 1 is 1.33 bits per heavy atom. The number of halogens is 1. The molecule has 1 aromatic carbocycles. The molecule has 0 amide bonds. The number of nitrogens with zero attached hydrogens (tertiary/aromatic N) is 2. The van der Waals surface area contributed by atoms with Crippen molar-refractivity contribution in [3.8, 4) is 0 Å². The molecule has 0 atom stereocenters. The highest BCUT2D eigenvalue weighted by Crippen LogP contribution is 2.21. The van der Waals surface area contributed by atoms with Crippen molar-refractivity contribution in [2.75, 3.05) is 6.26 Å².